The summed E-state index contributed by atoms with van der Waals surface area (Å²) < 4.78 is 37.5. The Hall–Kier alpha value is -1.96. The average Bonchev–Trinajstić information content (AvgIpc) is 2.74. The van der Waals surface area contributed by atoms with Crippen molar-refractivity contribution in [3.63, 3.8) is 0 Å². The standard InChI is InChI=1S/C11H8F3N3OS/c1-6-16-17-10(19-6)15-9(18)7-3-2-4-8(5-7)11(12,13)14/h2-5H,1H3,(H,15,17,18). The molecule has 0 bridgehead atoms. The number of amides is 1. The normalized spacial score (nSPS) is 11.4. The SMILES string of the molecule is Cc1nnc(NC(=O)c2cccc(C(F)(F)F)c2)s1. The lowest BCUT2D eigenvalue weighted by atomic mass is 10.1. The molecule has 4 nitrogen and oxygen atoms in total. The maximum absolute atomic E-state index is 12.5. The number of carbonyl (C=O) groups excluding carboxylic acids is 1. The van der Waals surface area contributed by atoms with Gasteiger partial charge in [-0.25, -0.2) is 0 Å². The van der Waals surface area contributed by atoms with Crippen molar-refractivity contribution < 1.29 is 18.0 Å². The van der Waals surface area contributed by atoms with E-state index in [0.29, 0.717) is 5.01 Å². The van der Waals surface area contributed by atoms with Crippen LogP contribution < -0.4 is 5.32 Å². The van der Waals surface area contributed by atoms with Crippen LogP contribution in [0.5, 0.6) is 0 Å². The second kappa shape index (κ2) is 4.96. The van der Waals surface area contributed by atoms with Crippen LogP contribution in [0.2, 0.25) is 0 Å². The Morgan fingerprint density at radius 3 is 2.63 bits per heavy atom. The third-order valence-corrected chi connectivity index (χ3v) is 2.95. The van der Waals surface area contributed by atoms with Gasteiger partial charge >= 0.3 is 6.18 Å². The van der Waals surface area contributed by atoms with Gasteiger partial charge in [-0.05, 0) is 25.1 Å². The molecular weight excluding hydrogens is 279 g/mol. The third-order valence-electron chi connectivity index (χ3n) is 2.20. The quantitative estimate of drug-likeness (QED) is 0.923. The van der Waals surface area contributed by atoms with Crippen LogP contribution in [0, 0.1) is 6.92 Å². The molecule has 0 saturated heterocycles. The molecule has 1 amide bonds. The molecule has 100 valence electrons. The molecule has 19 heavy (non-hydrogen) atoms. The highest BCUT2D eigenvalue weighted by atomic mass is 32.1. The molecule has 2 aromatic rings. The zero-order valence-corrected chi connectivity index (χ0v) is 10.5. The van der Waals surface area contributed by atoms with Crippen LogP contribution in [0.4, 0.5) is 18.3 Å². The number of hydrogen-bond donors (Lipinski definition) is 1. The number of nitrogens with one attached hydrogen (secondary N) is 1. The van der Waals surface area contributed by atoms with Gasteiger partial charge in [0.05, 0.1) is 5.56 Å². The lowest BCUT2D eigenvalue weighted by molar-refractivity contribution is -0.137. The summed E-state index contributed by atoms with van der Waals surface area (Å²) in [6, 6.07) is 4.19. The van der Waals surface area contributed by atoms with Gasteiger partial charge in [0.2, 0.25) is 5.13 Å². The number of rotatable bonds is 2. The van der Waals surface area contributed by atoms with E-state index in [1.54, 1.807) is 6.92 Å². The van der Waals surface area contributed by atoms with Crippen molar-refractivity contribution in [3.05, 3.63) is 40.4 Å². The van der Waals surface area contributed by atoms with Crippen LogP contribution in [-0.4, -0.2) is 16.1 Å². The Morgan fingerprint density at radius 2 is 2.05 bits per heavy atom. The van der Waals surface area contributed by atoms with Gasteiger partial charge in [0.1, 0.15) is 5.01 Å². The minimum atomic E-state index is -4.48. The van der Waals surface area contributed by atoms with Crippen LogP contribution in [0.1, 0.15) is 20.9 Å². The molecule has 0 radical (unpaired) electrons. The van der Waals surface area contributed by atoms with Crippen molar-refractivity contribution in [1.82, 2.24) is 10.2 Å². The van der Waals surface area contributed by atoms with Crippen molar-refractivity contribution >= 4 is 22.4 Å². The van der Waals surface area contributed by atoms with E-state index >= 15 is 0 Å². The van der Waals surface area contributed by atoms with Crippen LogP contribution in [0.15, 0.2) is 24.3 Å². The fourth-order valence-corrected chi connectivity index (χ4v) is 1.94. The number of carbonyl (C=O) groups is 1. The van der Waals surface area contributed by atoms with Gasteiger partial charge in [0.25, 0.3) is 5.91 Å². The Labute approximate surface area is 110 Å². The van der Waals surface area contributed by atoms with Crippen molar-refractivity contribution in [2.24, 2.45) is 0 Å². The van der Waals surface area contributed by atoms with E-state index in [-0.39, 0.29) is 10.7 Å². The number of halogens is 3. The molecule has 1 heterocycles. The first-order valence-electron chi connectivity index (χ1n) is 5.15. The number of anilines is 1. The molecule has 0 spiro atoms. The average molecular weight is 287 g/mol. The third kappa shape index (κ3) is 3.28. The van der Waals surface area contributed by atoms with E-state index in [1.165, 1.54) is 12.1 Å². The molecular formula is C11H8F3N3OS. The summed E-state index contributed by atoms with van der Waals surface area (Å²) in [6.45, 7) is 1.71. The molecule has 2 rings (SSSR count). The van der Waals surface area contributed by atoms with Gasteiger partial charge in [0, 0.05) is 5.56 Å². The minimum absolute atomic E-state index is 0.0809. The summed E-state index contributed by atoms with van der Waals surface area (Å²) in [6.07, 6.45) is -4.48. The van der Waals surface area contributed by atoms with Gasteiger partial charge < -0.3 is 0 Å². The van der Waals surface area contributed by atoms with Crippen LogP contribution in [-0.2, 0) is 6.18 Å². The second-order valence-electron chi connectivity index (χ2n) is 3.66. The lowest BCUT2D eigenvalue weighted by Gasteiger charge is -2.08. The zero-order chi connectivity index (χ0) is 14.0. The van der Waals surface area contributed by atoms with Gasteiger partial charge in [-0.15, -0.1) is 10.2 Å². The first-order valence-corrected chi connectivity index (χ1v) is 5.96. The van der Waals surface area contributed by atoms with Crippen LogP contribution >= 0.6 is 11.3 Å². The number of aromatic nitrogens is 2. The predicted octanol–water partition coefficient (Wildman–Crippen LogP) is 3.12. The largest absolute Gasteiger partial charge is 0.416 e. The molecule has 0 unspecified atom stereocenters. The molecule has 8 heteroatoms. The number of hydrogen-bond acceptors (Lipinski definition) is 4. The summed E-state index contributed by atoms with van der Waals surface area (Å²) in [5, 5.41) is 10.7. The molecule has 0 saturated carbocycles. The van der Waals surface area contributed by atoms with E-state index in [9.17, 15) is 18.0 Å². The monoisotopic (exact) mass is 287 g/mol. The fraction of sp³-hybridized carbons (Fsp3) is 0.182. The highest BCUT2D eigenvalue weighted by Gasteiger charge is 2.30. The van der Waals surface area contributed by atoms with Crippen molar-refractivity contribution in [2.75, 3.05) is 5.32 Å². The summed E-state index contributed by atoms with van der Waals surface area (Å²) >= 11 is 1.14. The smallest absolute Gasteiger partial charge is 0.296 e. The first-order chi connectivity index (χ1) is 8.86. The van der Waals surface area contributed by atoms with E-state index < -0.39 is 17.6 Å². The predicted molar refractivity (Wildman–Crippen MR) is 64.0 cm³/mol. The molecule has 1 N–H and O–H groups in total. The molecule has 0 aliphatic heterocycles. The van der Waals surface area contributed by atoms with Crippen LogP contribution in [0.3, 0.4) is 0 Å². The van der Waals surface area contributed by atoms with E-state index in [1.807, 2.05) is 0 Å². The topological polar surface area (TPSA) is 54.9 Å². The maximum atomic E-state index is 12.5. The minimum Gasteiger partial charge on any atom is -0.296 e. The van der Waals surface area contributed by atoms with Gasteiger partial charge in [-0.2, -0.15) is 13.2 Å². The maximum Gasteiger partial charge on any atom is 0.416 e. The van der Waals surface area contributed by atoms with Gasteiger partial charge in [0.15, 0.2) is 0 Å². The highest BCUT2D eigenvalue weighted by Crippen LogP contribution is 2.29. The molecule has 0 fully saturated rings. The molecule has 1 aromatic carbocycles. The first kappa shape index (κ1) is 13.5. The highest BCUT2D eigenvalue weighted by molar-refractivity contribution is 7.15. The Bertz CT molecular complexity index is 609. The van der Waals surface area contributed by atoms with E-state index in [0.717, 1.165) is 23.5 Å². The Balaban J connectivity index is 2.20. The number of aryl methyl sites for hydroxylation is 1. The van der Waals surface area contributed by atoms with Gasteiger partial charge in [-0.3, -0.25) is 10.1 Å². The molecule has 0 aliphatic rings. The van der Waals surface area contributed by atoms with Crippen molar-refractivity contribution in [3.8, 4) is 0 Å². The fourth-order valence-electron chi connectivity index (χ4n) is 1.35. The number of benzene rings is 1. The Morgan fingerprint density at radius 1 is 1.32 bits per heavy atom. The number of nitrogens with zero attached hydrogens (tertiary/aromatic N) is 2. The van der Waals surface area contributed by atoms with Crippen molar-refractivity contribution in [1.29, 1.82) is 0 Å². The number of alkyl halides is 3. The Kier molecular flexibility index (Phi) is 3.52. The second-order valence-corrected chi connectivity index (χ2v) is 4.84. The summed E-state index contributed by atoms with van der Waals surface area (Å²) in [7, 11) is 0. The van der Waals surface area contributed by atoms with Gasteiger partial charge in [-0.1, -0.05) is 17.4 Å². The van der Waals surface area contributed by atoms with Crippen LogP contribution in [0.25, 0.3) is 0 Å². The summed E-state index contributed by atoms with van der Waals surface area (Å²) in [4.78, 5) is 11.8. The van der Waals surface area contributed by atoms with Crippen molar-refractivity contribution in [2.45, 2.75) is 13.1 Å². The summed E-state index contributed by atoms with van der Waals surface area (Å²) in [5.74, 6) is -0.651. The molecule has 0 aliphatic carbocycles. The summed E-state index contributed by atoms with van der Waals surface area (Å²) in [5.41, 5.74) is -0.948. The molecule has 1 aromatic heterocycles. The van der Waals surface area contributed by atoms with E-state index in [4.69, 9.17) is 0 Å². The molecule has 0 atom stereocenters. The van der Waals surface area contributed by atoms with E-state index in [2.05, 4.69) is 15.5 Å². The zero-order valence-electron chi connectivity index (χ0n) is 9.65. The lowest BCUT2D eigenvalue weighted by Crippen LogP contribution is -2.13.